The van der Waals surface area contributed by atoms with Gasteiger partial charge in [-0.05, 0) is 39.0 Å². The van der Waals surface area contributed by atoms with E-state index in [-0.39, 0.29) is 23.5 Å². The summed E-state index contributed by atoms with van der Waals surface area (Å²) < 4.78 is 20.6. The summed E-state index contributed by atoms with van der Waals surface area (Å²) in [6.45, 7) is 6.49. The lowest BCUT2D eigenvalue weighted by atomic mass is 10.3. The summed E-state index contributed by atoms with van der Waals surface area (Å²) in [6.07, 6.45) is 0.124. The van der Waals surface area contributed by atoms with Gasteiger partial charge in [-0.15, -0.1) is 0 Å². The number of carbonyl (C=O) groups excluding carboxylic acids is 1. The average molecular weight is 305 g/mol. The van der Waals surface area contributed by atoms with E-state index in [1.807, 2.05) is 13.8 Å². The number of benzene rings is 1. The predicted octanol–water partition coefficient (Wildman–Crippen LogP) is 2.47. The number of aromatic nitrogens is 2. The van der Waals surface area contributed by atoms with Crippen molar-refractivity contribution < 1.29 is 13.9 Å². The van der Waals surface area contributed by atoms with Crippen molar-refractivity contribution in [2.45, 2.75) is 26.9 Å². The molecule has 6 heteroatoms. The number of aryl methyl sites for hydroxylation is 1. The smallest absolute Gasteiger partial charge is 0.271 e. The molecule has 1 aromatic heterocycles. The second-order valence-corrected chi connectivity index (χ2v) is 5.21. The van der Waals surface area contributed by atoms with E-state index >= 15 is 0 Å². The van der Waals surface area contributed by atoms with Crippen molar-refractivity contribution in [3.05, 3.63) is 47.5 Å². The van der Waals surface area contributed by atoms with Gasteiger partial charge in [0.25, 0.3) is 5.91 Å². The van der Waals surface area contributed by atoms with Gasteiger partial charge in [0.05, 0.1) is 12.7 Å². The van der Waals surface area contributed by atoms with Crippen LogP contribution in [0.4, 0.5) is 4.39 Å². The first kappa shape index (κ1) is 16.2. The van der Waals surface area contributed by atoms with Crippen molar-refractivity contribution in [2.75, 3.05) is 13.2 Å². The fourth-order valence-electron chi connectivity index (χ4n) is 2.00. The van der Waals surface area contributed by atoms with E-state index in [4.69, 9.17) is 4.74 Å². The Kier molecular flexibility index (Phi) is 5.27. The highest BCUT2D eigenvalue weighted by molar-refractivity contribution is 5.92. The van der Waals surface area contributed by atoms with Gasteiger partial charge in [0, 0.05) is 12.2 Å². The third-order valence-electron chi connectivity index (χ3n) is 3.04. The first-order valence-electron chi connectivity index (χ1n) is 7.20. The number of para-hydroxylation sites is 1. The summed E-state index contributed by atoms with van der Waals surface area (Å²) in [5, 5.41) is 6.91. The molecule has 1 N–H and O–H groups in total. The van der Waals surface area contributed by atoms with E-state index in [1.165, 1.54) is 10.7 Å². The van der Waals surface area contributed by atoms with Crippen molar-refractivity contribution in [3.8, 4) is 5.69 Å². The van der Waals surface area contributed by atoms with Gasteiger partial charge in [-0.25, -0.2) is 9.07 Å². The van der Waals surface area contributed by atoms with Gasteiger partial charge in [0.15, 0.2) is 5.69 Å². The average Bonchev–Trinajstić information content (AvgIpc) is 2.86. The maximum Gasteiger partial charge on any atom is 0.271 e. The Morgan fingerprint density at radius 1 is 1.41 bits per heavy atom. The molecular weight excluding hydrogens is 285 g/mol. The second kappa shape index (κ2) is 7.17. The molecule has 2 aromatic rings. The molecule has 1 heterocycles. The van der Waals surface area contributed by atoms with Crippen LogP contribution < -0.4 is 5.32 Å². The van der Waals surface area contributed by atoms with Crippen LogP contribution in [0.15, 0.2) is 30.3 Å². The number of rotatable bonds is 6. The Labute approximate surface area is 129 Å². The number of carbonyl (C=O) groups is 1. The van der Waals surface area contributed by atoms with Crippen LogP contribution in [0.25, 0.3) is 5.69 Å². The van der Waals surface area contributed by atoms with Crippen LogP contribution in [0, 0.1) is 12.7 Å². The molecule has 0 saturated carbocycles. The second-order valence-electron chi connectivity index (χ2n) is 5.21. The summed E-state index contributed by atoms with van der Waals surface area (Å²) in [5.74, 6) is -0.684. The molecule has 0 saturated heterocycles. The Morgan fingerprint density at radius 2 is 2.14 bits per heavy atom. The van der Waals surface area contributed by atoms with Crippen molar-refractivity contribution in [1.29, 1.82) is 0 Å². The normalized spacial score (nSPS) is 11.0. The summed E-state index contributed by atoms with van der Waals surface area (Å²) in [4.78, 5) is 12.0. The van der Waals surface area contributed by atoms with Crippen molar-refractivity contribution in [2.24, 2.45) is 0 Å². The third kappa shape index (κ3) is 3.92. The van der Waals surface area contributed by atoms with Gasteiger partial charge in [0.1, 0.15) is 11.5 Å². The topological polar surface area (TPSA) is 56.1 Å². The number of hydrogen-bond acceptors (Lipinski definition) is 3. The van der Waals surface area contributed by atoms with Gasteiger partial charge in [-0.1, -0.05) is 12.1 Å². The standard InChI is InChI=1S/C16H20FN3O2/c1-11(2)22-9-8-18-16(21)14-10-12(3)20(19-14)15-7-5-4-6-13(15)17/h4-7,10-11H,8-9H2,1-3H3,(H,18,21). The number of hydrogen-bond donors (Lipinski definition) is 1. The summed E-state index contributed by atoms with van der Waals surface area (Å²) in [6, 6.07) is 7.95. The van der Waals surface area contributed by atoms with Gasteiger partial charge < -0.3 is 10.1 Å². The van der Waals surface area contributed by atoms with Crippen LogP contribution in [0.2, 0.25) is 0 Å². The highest BCUT2D eigenvalue weighted by Gasteiger charge is 2.14. The lowest BCUT2D eigenvalue weighted by Crippen LogP contribution is -2.28. The van der Waals surface area contributed by atoms with E-state index in [0.717, 1.165) is 0 Å². The van der Waals surface area contributed by atoms with Crippen molar-refractivity contribution >= 4 is 5.91 Å². The maximum atomic E-state index is 13.8. The highest BCUT2D eigenvalue weighted by Crippen LogP contribution is 2.15. The minimum atomic E-state index is -0.383. The predicted molar refractivity (Wildman–Crippen MR) is 81.7 cm³/mol. The molecule has 2 rings (SSSR count). The number of ether oxygens (including phenoxy) is 1. The molecule has 0 aliphatic rings. The Bertz CT molecular complexity index is 653. The Hall–Kier alpha value is -2.21. The zero-order valence-corrected chi connectivity index (χ0v) is 13.0. The third-order valence-corrected chi connectivity index (χ3v) is 3.04. The number of nitrogens with one attached hydrogen (secondary N) is 1. The molecule has 0 bridgehead atoms. The first-order chi connectivity index (χ1) is 10.5. The lowest BCUT2D eigenvalue weighted by molar-refractivity contribution is 0.0744. The molecule has 0 atom stereocenters. The molecule has 5 nitrogen and oxygen atoms in total. The summed E-state index contributed by atoms with van der Waals surface area (Å²) >= 11 is 0. The SMILES string of the molecule is Cc1cc(C(=O)NCCOC(C)C)nn1-c1ccccc1F. The molecule has 22 heavy (non-hydrogen) atoms. The van der Waals surface area contributed by atoms with Gasteiger partial charge in [-0.2, -0.15) is 5.10 Å². The molecule has 0 fully saturated rings. The van der Waals surface area contributed by atoms with E-state index in [2.05, 4.69) is 10.4 Å². The zero-order valence-electron chi connectivity index (χ0n) is 13.0. The fourth-order valence-corrected chi connectivity index (χ4v) is 2.00. The van der Waals surface area contributed by atoms with Gasteiger partial charge >= 0.3 is 0 Å². The van der Waals surface area contributed by atoms with Crippen LogP contribution in [0.5, 0.6) is 0 Å². The zero-order chi connectivity index (χ0) is 16.1. The van der Waals surface area contributed by atoms with Crippen LogP contribution in [0.3, 0.4) is 0 Å². The lowest BCUT2D eigenvalue weighted by Gasteiger charge is -2.07. The molecule has 0 spiro atoms. The first-order valence-corrected chi connectivity index (χ1v) is 7.20. The summed E-state index contributed by atoms with van der Waals surface area (Å²) in [7, 11) is 0. The van der Waals surface area contributed by atoms with Gasteiger partial charge in [-0.3, -0.25) is 4.79 Å². The molecule has 1 amide bonds. The minimum Gasteiger partial charge on any atom is -0.377 e. The van der Waals surface area contributed by atoms with Crippen LogP contribution >= 0.6 is 0 Å². The van der Waals surface area contributed by atoms with E-state index in [9.17, 15) is 9.18 Å². The molecular formula is C16H20FN3O2. The summed E-state index contributed by atoms with van der Waals surface area (Å²) in [5.41, 5.74) is 1.26. The van der Waals surface area contributed by atoms with E-state index < -0.39 is 0 Å². The molecule has 0 aliphatic heterocycles. The largest absolute Gasteiger partial charge is 0.377 e. The van der Waals surface area contributed by atoms with E-state index in [1.54, 1.807) is 31.2 Å². The van der Waals surface area contributed by atoms with E-state index in [0.29, 0.717) is 24.5 Å². The van der Waals surface area contributed by atoms with Crippen LogP contribution in [-0.2, 0) is 4.74 Å². The van der Waals surface area contributed by atoms with Gasteiger partial charge in [0.2, 0.25) is 0 Å². The molecule has 1 aromatic carbocycles. The Morgan fingerprint density at radius 3 is 2.82 bits per heavy atom. The number of amides is 1. The molecule has 0 aliphatic carbocycles. The van der Waals surface area contributed by atoms with Crippen molar-refractivity contribution in [1.82, 2.24) is 15.1 Å². The molecule has 0 radical (unpaired) electrons. The van der Waals surface area contributed by atoms with Crippen LogP contribution in [-0.4, -0.2) is 34.9 Å². The Balaban J connectivity index is 2.06. The number of halogens is 1. The quantitative estimate of drug-likeness (QED) is 0.834. The number of nitrogens with zero attached hydrogens (tertiary/aromatic N) is 2. The fraction of sp³-hybridized carbons (Fsp3) is 0.375. The molecule has 0 unspecified atom stereocenters. The van der Waals surface area contributed by atoms with Crippen molar-refractivity contribution in [3.63, 3.8) is 0 Å². The monoisotopic (exact) mass is 305 g/mol. The molecule has 118 valence electrons. The maximum absolute atomic E-state index is 13.8. The minimum absolute atomic E-state index is 0.124. The highest BCUT2D eigenvalue weighted by atomic mass is 19.1. The van der Waals surface area contributed by atoms with Crippen LogP contribution in [0.1, 0.15) is 30.0 Å².